The second kappa shape index (κ2) is 9.02. The van der Waals surface area contributed by atoms with Gasteiger partial charge in [-0.25, -0.2) is 0 Å². The third kappa shape index (κ3) is 5.08. The molecule has 142 valence electrons. The van der Waals surface area contributed by atoms with Gasteiger partial charge in [0.05, 0.1) is 6.04 Å². The lowest BCUT2D eigenvalue weighted by atomic mass is 10.1. The zero-order valence-electron chi connectivity index (χ0n) is 15.4. The fourth-order valence-electron chi connectivity index (χ4n) is 3.18. The maximum Gasteiger partial charge on any atom is 0.253 e. The molecule has 2 amide bonds. The third-order valence-corrected chi connectivity index (χ3v) is 5.18. The van der Waals surface area contributed by atoms with Crippen LogP contribution in [0, 0.1) is 0 Å². The monoisotopic (exact) mass is 385 g/mol. The quantitative estimate of drug-likeness (QED) is 0.861. The summed E-state index contributed by atoms with van der Waals surface area (Å²) in [5.74, 6) is 0.0443. The van der Waals surface area contributed by atoms with Gasteiger partial charge in [0.25, 0.3) is 5.91 Å². The summed E-state index contributed by atoms with van der Waals surface area (Å²) in [5.41, 5.74) is 1.72. The van der Waals surface area contributed by atoms with Gasteiger partial charge in [0, 0.05) is 43.3 Å². The van der Waals surface area contributed by atoms with Gasteiger partial charge in [0.2, 0.25) is 5.91 Å². The molecule has 2 aromatic carbocycles. The van der Waals surface area contributed by atoms with Gasteiger partial charge in [-0.3, -0.25) is 14.5 Å². The highest BCUT2D eigenvalue weighted by Crippen LogP contribution is 2.12. The lowest BCUT2D eigenvalue weighted by Gasteiger charge is -2.37. The molecule has 1 unspecified atom stereocenters. The Balaban J connectivity index is 1.47. The van der Waals surface area contributed by atoms with Gasteiger partial charge in [-0.1, -0.05) is 41.9 Å². The third-order valence-electron chi connectivity index (χ3n) is 4.93. The van der Waals surface area contributed by atoms with Crippen molar-refractivity contribution in [2.45, 2.75) is 19.5 Å². The molecule has 1 heterocycles. The Morgan fingerprint density at radius 3 is 2.26 bits per heavy atom. The highest BCUT2D eigenvalue weighted by Gasteiger charge is 2.27. The highest BCUT2D eigenvalue weighted by molar-refractivity contribution is 6.30. The molecule has 5 nitrogen and oxygen atoms in total. The summed E-state index contributed by atoms with van der Waals surface area (Å²) in [6.07, 6.45) is 0. The van der Waals surface area contributed by atoms with Crippen LogP contribution in [0.5, 0.6) is 0 Å². The lowest BCUT2D eigenvalue weighted by molar-refractivity contribution is -0.126. The van der Waals surface area contributed by atoms with Gasteiger partial charge in [-0.15, -0.1) is 0 Å². The molecular weight excluding hydrogens is 362 g/mol. The molecule has 2 aromatic rings. The molecule has 0 saturated carbocycles. The molecule has 6 heteroatoms. The van der Waals surface area contributed by atoms with Gasteiger partial charge < -0.3 is 10.2 Å². The van der Waals surface area contributed by atoms with E-state index in [1.165, 1.54) is 0 Å². The Labute approximate surface area is 164 Å². The molecule has 1 N–H and O–H groups in total. The molecule has 1 aliphatic heterocycles. The molecule has 0 bridgehead atoms. The zero-order chi connectivity index (χ0) is 19.2. The van der Waals surface area contributed by atoms with E-state index in [1.807, 2.05) is 66.4 Å². The fraction of sp³-hybridized carbons (Fsp3) is 0.333. The number of nitrogens with one attached hydrogen (secondary N) is 1. The molecular formula is C21H24ClN3O2. The number of carbonyl (C=O) groups excluding carboxylic acids is 2. The molecule has 0 radical (unpaired) electrons. The van der Waals surface area contributed by atoms with E-state index in [4.69, 9.17) is 11.6 Å². The van der Waals surface area contributed by atoms with Crippen molar-refractivity contribution in [1.29, 1.82) is 0 Å². The number of amides is 2. The number of hydrogen-bond acceptors (Lipinski definition) is 3. The van der Waals surface area contributed by atoms with E-state index in [2.05, 4.69) is 10.2 Å². The smallest absolute Gasteiger partial charge is 0.253 e. The number of rotatable bonds is 5. The molecule has 27 heavy (non-hydrogen) atoms. The van der Waals surface area contributed by atoms with Crippen molar-refractivity contribution in [3.8, 4) is 0 Å². The Morgan fingerprint density at radius 2 is 1.63 bits per heavy atom. The standard InChI is InChI=1S/C21H24ClN3O2/c1-16(20(26)23-15-17-7-9-19(22)10-8-17)24-11-13-25(14-12-24)21(27)18-5-3-2-4-6-18/h2-10,16H,11-15H2,1H3,(H,23,26). The van der Waals surface area contributed by atoms with Crippen molar-refractivity contribution in [2.75, 3.05) is 26.2 Å². The van der Waals surface area contributed by atoms with Crippen LogP contribution in [0.1, 0.15) is 22.8 Å². The Hall–Kier alpha value is -2.37. The Morgan fingerprint density at radius 1 is 1.00 bits per heavy atom. The fourth-order valence-corrected chi connectivity index (χ4v) is 3.31. The van der Waals surface area contributed by atoms with Crippen molar-refractivity contribution in [2.24, 2.45) is 0 Å². The first-order valence-corrected chi connectivity index (χ1v) is 9.53. The summed E-state index contributed by atoms with van der Waals surface area (Å²) in [4.78, 5) is 28.9. The van der Waals surface area contributed by atoms with Gasteiger partial charge >= 0.3 is 0 Å². The van der Waals surface area contributed by atoms with Gasteiger partial charge in [-0.2, -0.15) is 0 Å². The molecule has 1 atom stereocenters. The maximum atomic E-state index is 12.5. The normalized spacial score (nSPS) is 16.0. The van der Waals surface area contributed by atoms with Crippen LogP contribution in [-0.4, -0.2) is 53.8 Å². The van der Waals surface area contributed by atoms with E-state index < -0.39 is 0 Å². The van der Waals surface area contributed by atoms with Crippen molar-refractivity contribution >= 4 is 23.4 Å². The second-order valence-electron chi connectivity index (χ2n) is 6.71. The largest absolute Gasteiger partial charge is 0.351 e. The summed E-state index contributed by atoms with van der Waals surface area (Å²) in [6.45, 7) is 5.02. The summed E-state index contributed by atoms with van der Waals surface area (Å²) in [5, 5.41) is 3.65. The van der Waals surface area contributed by atoms with E-state index in [0.29, 0.717) is 43.3 Å². The molecule has 0 aliphatic carbocycles. The van der Waals surface area contributed by atoms with Crippen LogP contribution in [0.15, 0.2) is 54.6 Å². The number of hydrogen-bond donors (Lipinski definition) is 1. The van der Waals surface area contributed by atoms with Crippen LogP contribution >= 0.6 is 11.6 Å². The second-order valence-corrected chi connectivity index (χ2v) is 7.15. The van der Waals surface area contributed by atoms with Crippen LogP contribution in [-0.2, 0) is 11.3 Å². The number of nitrogens with zero attached hydrogens (tertiary/aromatic N) is 2. The number of piperazine rings is 1. The van der Waals surface area contributed by atoms with Crippen molar-refractivity contribution in [3.63, 3.8) is 0 Å². The van der Waals surface area contributed by atoms with Crippen molar-refractivity contribution < 1.29 is 9.59 Å². The minimum absolute atomic E-state index is 0.00668. The van der Waals surface area contributed by atoms with Crippen LogP contribution < -0.4 is 5.32 Å². The molecule has 3 rings (SSSR count). The topological polar surface area (TPSA) is 52.7 Å². The van der Waals surface area contributed by atoms with Crippen LogP contribution in [0.3, 0.4) is 0 Å². The lowest BCUT2D eigenvalue weighted by Crippen LogP contribution is -2.54. The minimum atomic E-state index is -0.230. The van der Waals surface area contributed by atoms with E-state index in [1.54, 1.807) is 0 Å². The summed E-state index contributed by atoms with van der Waals surface area (Å²) in [6, 6.07) is 16.5. The van der Waals surface area contributed by atoms with Crippen molar-refractivity contribution in [1.82, 2.24) is 15.1 Å². The Kier molecular flexibility index (Phi) is 6.48. The first-order chi connectivity index (χ1) is 13.0. The predicted molar refractivity (Wildman–Crippen MR) is 107 cm³/mol. The van der Waals surface area contributed by atoms with E-state index in [0.717, 1.165) is 5.56 Å². The van der Waals surface area contributed by atoms with Crippen LogP contribution in [0.4, 0.5) is 0 Å². The molecule has 1 fully saturated rings. The summed E-state index contributed by atoms with van der Waals surface area (Å²) in [7, 11) is 0. The highest BCUT2D eigenvalue weighted by atomic mass is 35.5. The predicted octanol–water partition coefficient (Wildman–Crippen LogP) is 2.80. The number of carbonyl (C=O) groups is 2. The average Bonchev–Trinajstić information content (AvgIpc) is 2.73. The van der Waals surface area contributed by atoms with Crippen LogP contribution in [0.25, 0.3) is 0 Å². The summed E-state index contributed by atoms with van der Waals surface area (Å²) >= 11 is 5.88. The molecule has 0 spiro atoms. The van der Waals surface area contributed by atoms with Crippen LogP contribution in [0.2, 0.25) is 5.02 Å². The minimum Gasteiger partial charge on any atom is -0.351 e. The van der Waals surface area contributed by atoms with Crippen molar-refractivity contribution in [3.05, 3.63) is 70.7 Å². The van der Waals surface area contributed by atoms with E-state index >= 15 is 0 Å². The molecule has 1 aliphatic rings. The van der Waals surface area contributed by atoms with E-state index in [-0.39, 0.29) is 17.9 Å². The first-order valence-electron chi connectivity index (χ1n) is 9.15. The Bertz CT molecular complexity index is 772. The number of halogens is 1. The van der Waals surface area contributed by atoms with Gasteiger partial charge in [0.15, 0.2) is 0 Å². The maximum absolute atomic E-state index is 12.5. The average molecular weight is 386 g/mol. The molecule has 0 aromatic heterocycles. The first kappa shape index (κ1) is 19.4. The number of benzene rings is 2. The van der Waals surface area contributed by atoms with Gasteiger partial charge in [0.1, 0.15) is 0 Å². The van der Waals surface area contributed by atoms with E-state index in [9.17, 15) is 9.59 Å². The molecule has 1 saturated heterocycles. The van der Waals surface area contributed by atoms with Gasteiger partial charge in [-0.05, 0) is 36.8 Å². The zero-order valence-corrected chi connectivity index (χ0v) is 16.2. The summed E-state index contributed by atoms with van der Waals surface area (Å²) < 4.78 is 0. The SMILES string of the molecule is CC(C(=O)NCc1ccc(Cl)cc1)N1CCN(C(=O)c2ccccc2)CC1.